The van der Waals surface area contributed by atoms with Crippen molar-refractivity contribution in [1.29, 1.82) is 0 Å². The average molecular weight is 133 g/mol. The molecule has 0 aromatic rings. The Labute approximate surface area is 42.8 Å². The van der Waals surface area contributed by atoms with Gasteiger partial charge in [-0.15, -0.1) is 0 Å². The van der Waals surface area contributed by atoms with E-state index >= 15 is 0 Å². The van der Waals surface area contributed by atoms with Crippen LogP contribution in [-0.4, -0.2) is 17.5 Å². The summed E-state index contributed by atoms with van der Waals surface area (Å²) in [7, 11) is -4.67. The van der Waals surface area contributed by atoms with Crippen molar-refractivity contribution in [2.75, 3.05) is 0 Å². The maximum absolute atomic E-state index is 8.74. The molecule has 0 aliphatic carbocycles. The fourth-order valence-electron chi connectivity index (χ4n) is 0. The lowest BCUT2D eigenvalue weighted by molar-refractivity contribution is 0.381. The number of hydrogen-bond donors (Lipinski definition) is 4. The van der Waals surface area contributed by atoms with Crippen LogP contribution in [0.15, 0.2) is 0 Å². The van der Waals surface area contributed by atoms with Crippen LogP contribution < -0.4 is 12.3 Å². The summed E-state index contributed by atoms with van der Waals surface area (Å²) < 4.78 is 31.6. The largest absolute Gasteiger partial charge is 1.00 e. The van der Waals surface area contributed by atoms with Crippen LogP contribution in [0.25, 0.3) is 0 Å². The molecule has 48 valence electrons. The second-order valence-corrected chi connectivity index (χ2v) is 1.34. The zero-order valence-corrected chi connectivity index (χ0v) is 4.35. The molecule has 0 aliphatic heterocycles. The average Bonchev–Trinajstić information content (AvgIpc) is 0.722. The standard InChI is InChI=1S/2H3N.H2O4S/c;;1-5(2,3)4/h2*1H3;(H2,1,2,3,4)/p+1. The lowest BCUT2D eigenvalue weighted by atomic mass is 14.0. The van der Waals surface area contributed by atoms with Crippen LogP contribution in [0.2, 0.25) is 0 Å². The first kappa shape index (κ1) is 15.8. The first-order valence-corrected chi connectivity index (χ1v) is 2.10. The van der Waals surface area contributed by atoms with Crippen molar-refractivity contribution in [3.63, 3.8) is 0 Å². The Morgan fingerprint density at radius 2 is 1.14 bits per heavy atom. The van der Waals surface area contributed by atoms with Crippen LogP contribution in [0, 0.1) is 0 Å². The highest BCUT2D eigenvalue weighted by atomic mass is 32.3. The van der Waals surface area contributed by atoms with Crippen LogP contribution in [-0.2, 0) is 10.4 Å². The Morgan fingerprint density at radius 1 is 1.14 bits per heavy atom. The quantitative estimate of drug-likeness (QED) is 0.336. The van der Waals surface area contributed by atoms with Crippen molar-refractivity contribution in [2.45, 2.75) is 0 Å². The third kappa shape index (κ3) is 1890. The molecular formula is H9N2O4S+. The third-order valence-corrected chi connectivity index (χ3v) is 0. The van der Waals surface area contributed by atoms with Gasteiger partial charge in [0.1, 0.15) is 0 Å². The highest BCUT2D eigenvalue weighted by molar-refractivity contribution is 7.79. The van der Waals surface area contributed by atoms with Gasteiger partial charge >= 0.3 is 11.8 Å². The summed E-state index contributed by atoms with van der Waals surface area (Å²) in [5.74, 6) is 0. The van der Waals surface area contributed by atoms with Gasteiger partial charge in [-0.25, -0.2) is 0 Å². The summed E-state index contributed by atoms with van der Waals surface area (Å²) in [6, 6.07) is 0. The van der Waals surface area contributed by atoms with Crippen LogP contribution >= 0.6 is 0 Å². The van der Waals surface area contributed by atoms with Gasteiger partial charge in [0.15, 0.2) is 0 Å². The molecule has 0 atom stereocenters. The fraction of sp³-hybridized carbons (Fsp3) is 0. The van der Waals surface area contributed by atoms with Gasteiger partial charge in [-0.2, -0.15) is 8.42 Å². The second kappa shape index (κ2) is 3.96. The summed E-state index contributed by atoms with van der Waals surface area (Å²) >= 11 is 0. The highest BCUT2D eigenvalue weighted by Gasteiger charge is 1.84. The molecule has 0 heterocycles. The number of hydrogen-bond acceptors (Lipinski definition) is 4. The predicted octanol–water partition coefficient (Wildman–Crippen LogP) is -0.216. The molecular weight excluding hydrogens is 124 g/mol. The third-order valence-electron chi connectivity index (χ3n) is 0. The second-order valence-electron chi connectivity index (χ2n) is 0.448. The van der Waals surface area contributed by atoms with Crippen LogP contribution in [0.1, 0.15) is 1.43 Å². The fourth-order valence-corrected chi connectivity index (χ4v) is 0. The van der Waals surface area contributed by atoms with Crippen LogP contribution in [0.4, 0.5) is 0 Å². The van der Waals surface area contributed by atoms with Crippen molar-refractivity contribution in [3.8, 4) is 0 Å². The van der Waals surface area contributed by atoms with Crippen LogP contribution in [0.5, 0.6) is 0 Å². The summed E-state index contributed by atoms with van der Waals surface area (Å²) in [4.78, 5) is 0. The van der Waals surface area contributed by atoms with E-state index in [1.54, 1.807) is 0 Å². The Bertz CT molecular complexity index is 97.2. The minimum absolute atomic E-state index is 0. The van der Waals surface area contributed by atoms with E-state index in [0.29, 0.717) is 0 Å². The normalized spacial score (nSPS) is 8.29. The van der Waals surface area contributed by atoms with E-state index in [2.05, 4.69) is 0 Å². The molecule has 0 radical (unpaired) electrons. The molecule has 0 spiro atoms. The molecule has 6 nitrogen and oxygen atoms in total. The van der Waals surface area contributed by atoms with Gasteiger partial charge in [-0.05, 0) is 0 Å². The topological polar surface area (TPSA) is 145 Å². The molecule has 0 unspecified atom stereocenters. The Balaban J connectivity index is -0.0000000267. The summed E-state index contributed by atoms with van der Waals surface area (Å²) in [5, 5.41) is 0. The van der Waals surface area contributed by atoms with E-state index in [1.165, 1.54) is 0 Å². The van der Waals surface area contributed by atoms with Crippen molar-refractivity contribution < 1.29 is 18.9 Å². The minimum Gasteiger partial charge on any atom is -0.344 e. The molecule has 0 aromatic heterocycles. The smallest absolute Gasteiger partial charge is 0.344 e. The van der Waals surface area contributed by atoms with Gasteiger partial charge in [-0.3, -0.25) is 9.11 Å². The van der Waals surface area contributed by atoms with Gasteiger partial charge in [0.05, 0.1) is 0 Å². The molecule has 0 bridgehead atoms. The van der Waals surface area contributed by atoms with E-state index in [4.69, 9.17) is 17.5 Å². The van der Waals surface area contributed by atoms with E-state index < -0.39 is 10.4 Å². The molecule has 8 N–H and O–H groups in total. The summed E-state index contributed by atoms with van der Waals surface area (Å²) in [6.45, 7) is 0. The van der Waals surface area contributed by atoms with E-state index in [1.807, 2.05) is 0 Å². The van der Waals surface area contributed by atoms with Crippen molar-refractivity contribution >= 4 is 10.4 Å². The molecule has 0 aliphatic rings. The predicted molar refractivity (Wildman–Crippen MR) is 25.3 cm³/mol. The Hall–Kier alpha value is -0.210. The zero-order chi connectivity index (χ0) is 4.50. The molecule has 7 heavy (non-hydrogen) atoms. The first-order chi connectivity index (χ1) is 2.00. The van der Waals surface area contributed by atoms with Crippen molar-refractivity contribution in [3.05, 3.63) is 0 Å². The molecule has 0 saturated carbocycles. The maximum atomic E-state index is 8.74. The minimum atomic E-state index is -4.67. The van der Waals surface area contributed by atoms with E-state index in [0.717, 1.165) is 0 Å². The van der Waals surface area contributed by atoms with Gasteiger partial charge in [0.2, 0.25) is 0 Å². The lowest BCUT2D eigenvalue weighted by Gasteiger charge is -1.68. The van der Waals surface area contributed by atoms with E-state index in [-0.39, 0.29) is 13.7 Å². The van der Waals surface area contributed by atoms with Gasteiger partial charge < -0.3 is 12.3 Å². The Morgan fingerprint density at radius 3 is 1.14 bits per heavy atom. The molecule has 7 heteroatoms. The van der Waals surface area contributed by atoms with Crippen molar-refractivity contribution in [2.24, 2.45) is 0 Å². The van der Waals surface area contributed by atoms with Crippen LogP contribution in [0.3, 0.4) is 0 Å². The van der Waals surface area contributed by atoms with Crippen molar-refractivity contribution in [1.82, 2.24) is 12.3 Å². The highest BCUT2D eigenvalue weighted by Crippen LogP contribution is 1.59. The molecule has 0 fully saturated rings. The Kier molecular flexibility index (Phi) is 8.97. The maximum Gasteiger partial charge on any atom is 1.00 e. The van der Waals surface area contributed by atoms with E-state index in [9.17, 15) is 0 Å². The zero-order valence-electron chi connectivity index (χ0n) is 4.53. The SMILES string of the molecule is N.N.O=S(=O)(O)O.[H+]. The van der Waals surface area contributed by atoms with Gasteiger partial charge in [-0.1, -0.05) is 0 Å². The first-order valence-electron chi connectivity index (χ1n) is 0.698. The molecule has 0 saturated heterocycles. The summed E-state index contributed by atoms with van der Waals surface area (Å²) in [5.41, 5.74) is 0. The monoisotopic (exact) mass is 133 g/mol. The number of rotatable bonds is 0. The van der Waals surface area contributed by atoms with Gasteiger partial charge in [0, 0.05) is 0 Å². The molecule has 0 rings (SSSR count). The molecule has 0 aromatic carbocycles. The summed E-state index contributed by atoms with van der Waals surface area (Å²) in [6.07, 6.45) is 0. The molecule has 0 amide bonds. The lowest BCUT2D eigenvalue weighted by Crippen LogP contribution is -1.89. The van der Waals surface area contributed by atoms with Gasteiger partial charge in [0.25, 0.3) is 0 Å².